The molecule has 0 amide bonds. The molecule has 2 aromatic rings. The van der Waals surface area contributed by atoms with E-state index < -0.39 is 28.6 Å². The van der Waals surface area contributed by atoms with Gasteiger partial charge in [0.05, 0.1) is 13.6 Å². The van der Waals surface area contributed by atoms with Gasteiger partial charge in [-0.3, -0.25) is 14.5 Å². The summed E-state index contributed by atoms with van der Waals surface area (Å²) in [6, 6.07) is 8.74. The molecule has 0 aliphatic carbocycles. The zero-order chi connectivity index (χ0) is 18.9. The summed E-state index contributed by atoms with van der Waals surface area (Å²) in [6.45, 7) is 1.07. The number of benzene rings is 1. The zero-order valence-corrected chi connectivity index (χ0v) is 16.7. The van der Waals surface area contributed by atoms with E-state index in [0.29, 0.717) is 10.4 Å². The second kappa shape index (κ2) is 7.29. The number of ketones is 1. The molecule has 3 rings (SSSR count). The number of Topliss-reactive ketones (excluding diaryl/α,β-unsaturated/α-hetero) is 1. The number of ether oxygens (including phenoxy) is 1. The minimum absolute atomic E-state index is 0.0820. The van der Waals surface area contributed by atoms with Crippen molar-refractivity contribution in [3.05, 3.63) is 50.6 Å². The van der Waals surface area contributed by atoms with Gasteiger partial charge >= 0.3 is 5.97 Å². The quantitative estimate of drug-likeness (QED) is 0.549. The van der Waals surface area contributed by atoms with Crippen LogP contribution in [-0.4, -0.2) is 38.7 Å². The summed E-state index contributed by atoms with van der Waals surface area (Å²) >= 11 is 4.51. The molecule has 10 heteroatoms. The van der Waals surface area contributed by atoms with Gasteiger partial charge in [-0.25, -0.2) is 13.2 Å². The smallest absolute Gasteiger partial charge is 0.331 e. The number of thiophene rings is 1. The number of carbonyl (C=O) groups is 2. The molecule has 136 valence electrons. The fourth-order valence-electron chi connectivity index (χ4n) is 2.27. The first kappa shape index (κ1) is 18.7. The minimum atomic E-state index is -3.68. The number of carbonyl (C=O) groups excluding carboxylic acids is 2. The van der Waals surface area contributed by atoms with E-state index in [4.69, 9.17) is 4.74 Å². The Bertz CT molecular complexity index is 1010. The fourth-order valence-corrected chi connectivity index (χ4v) is 4.82. The monoisotopic (exact) mass is 456 g/mol. The maximum absolute atomic E-state index is 12.1. The molecule has 0 spiro atoms. The van der Waals surface area contributed by atoms with E-state index >= 15 is 0 Å². The fraction of sp³-hybridized carbons (Fsp3) is 0.188. The molecule has 1 atom stereocenters. The van der Waals surface area contributed by atoms with E-state index in [0.717, 1.165) is 3.79 Å². The van der Waals surface area contributed by atoms with Crippen molar-refractivity contribution >= 4 is 54.9 Å². The number of rotatable bonds is 5. The molecule has 0 saturated carbocycles. The van der Waals surface area contributed by atoms with Gasteiger partial charge in [0.15, 0.2) is 6.61 Å². The molecule has 7 nitrogen and oxygen atoms in total. The van der Waals surface area contributed by atoms with Crippen molar-refractivity contribution in [2.75, 3.05) is 6.61 Å². The van der Waals surface area contributed by atoms with Crippen LogP contribution in [-0.2, 0) is 19.6 Å². The number of amidine groups is 1. The van der Waals surface area contributed by atoms with Crippen molar-refractivity contribution in [3.63, 3.8) is 0 Å². The molecule has 0 fully saturated rings. The van der Waals surface area contributed by atoms with Crippen molar-refractivity contribution < 1.29 is 22.7 Å². The largest absolute Gasteiger partial charge is 0.456 e. The highest BCUT2D eigenvalue weighted by molar-refractivity contribution is 9.11. The van der Waals surface area contributed by atoms with E-state index in [1.54, 1.807) is 30.3 Å². The van der Waals surface area contributed by atoms with Crippen LogP contribution in [0.25, 0.3) is 0 Å². The molecule has 1 aliphatic rings. The highest BCUT2D eigenvalue weighted by atomic mass is 79.9. The second-order valence-corrected chi connectivity index (χ2v) is 9.50. The Balaban J connectivity index is 1.68. The second-order valence-electron chi connectivity index (χ2n) is 5.39. The van der Waals surface area contributed by atoms with Gasteiger partial charge in [0.1, 0.15) is 11.9 Å². The van der Waals surface area contributed by atoms with Gasteiger partial charge in [-0.05, 0) is 47.1 Å². The number of halogens is 1. The molecular weight excluding hydrogens is 444 g/mol. The van der Waals surface area contributed by atoms with Gasteiger partial charge in [0.25, 0.3) is 10.0 Å². The van der Waals surface area contributed by atoms with E-state index in [1.807, 2.05) is 0 Å². The first-order chi connectivity index (χ1) is 12.3. The molecule has 0 radical (unpaired) electrons. The van der Waals surface area contributed by atoms with Crippen LogP contribution < -0.4 is 4.72 Å². The molecule has 1 aliphatic heterocycles. The number of sulfonamides is 1. The van der Waals surface area contributed by atoms with Crippen molar-refractivity contribution in [1.82, 2.24) is 4.72 Å². The van der Waals surface area contributed by atoms with E-state index in [2.05, 4.69) is 25.6 Å². The highest BCUT2D eigenvalue weighted by Gasteiger charge is 2.31. The number of hydrogen-bond donors (Lipinski definition) is 1. The average Bonchev–Trinajstić information content (AvgIpc) is 3.14. The summed E-state index contributed by atoms with van der Waals surface area (Å²) in [5, 5.41) is 0. The predicted octanol–water partition coefficient (Wildman–Crippen LogP) is 2.36. The summed E-state index contributed by atoms with van der Waals surface area (Å²) < 4.78 is 32.2. The third kappa shape index (κ3) is 3.87. The lowest BCUT2D eigenvalue weighted by Crippen LogP contribution is -2.27. The lowest BCUT2D eigenvalue weighted by Gasteiger charge is -2.08. The zero-order valence-electron chi connectivity index (χ0n) is 13.4. The Morgan fingerprint density at radius 2 is 2.00 bits per heavy atom. The van der Waals surface area contributed by atoms with Crippen LogP contribution in [0.4, 0.5) is 0 Å². The highest BCUT2D eigenvalue weighted by Crippen LogP contribution is 2.23. The van der Waals surface area contributed by atoms with Crippen molar-refractivity contribution in [3.8, 4) is 0 Å². The standard InChI is InChI=1S/C16H13BrN2O5S2/c1-9(16(21)24-8-11(20)12-6-7-14(17)25-12)18-15-10-4-2-3-5-13(10)26(22,23)19-15/h2-7,9H,8H2,1H3,(H,18,19). The molecule has 1 N–H and O–H groups in total. The molecule has 1 aromatic heterocycles. The summed E-state index contributed by atoms with van der Waals surface area (Å²) in [5.74, 6) is -0.954. The first-order valence-electron chi connectivity index (χ1n) is 7.43. The molecule has 2 heterocycles. The SMILES string of the molecule is CC(N=C1NS(=O)(=O)c2ccccc21)C(=O)OCC(=O)c1ccc(Br)s1. The van der Waals surface area contributed by atoms with Gasteiger partial charge in [0.2, 0.25) is 5.78 Å². The predicted molar refractivity (Wildman–Crippen MR) is 100 cm³/mol. The van der Waals surface area contributed by atoms with Gasteiger partial charge in [-0.2, -0.15) is 0 Å². The molecule has 1 unspecified atom stereocenters. The maximum Gasteiger partial charge on any atom is 0.331 e. The molecular formula is C16H13BrN2O5S2. The van der Waals surface area contributed by atoms with E-state index in [9.17, 15) is 18.0 Å². The number of fused-ring (bicyclic) bond motifs is 1. The Hall–Kier alpha value is -2.04. The lowest BCUT2D eigenvalue weighted by atomic mass is 10.2. The summed E-state index contributed by atoms with van der Waals surface area (Å²) in [6.07, 6.45) is 0. The van der Waals surface area contributed by atoms with Crippen LogP contribution in [0, 0.1) is 0 Å². The van der Waals surface area contributed by atoms with Gasteiger partial charge in [-0.15, -0.1) is 11.3 Å². The summed E-state index contributed by atoms with van der Waals surface area (Å²) in [4.78, 5) is 28.7. The van der Waals surface area contributed by atoms with E-state index in [-0.39, 0.29) is 16.5 Å². The van der Waals surface area contributed by atoms with Crippen molar-refractivity contribution in [1.29, 1.82) is 0 Å². The average molecular weight is 457 g/mol. The van der Waals surface area contributed by atoms with Gasteiger partial charge < -0.3 is 4.74 Å². The Labute approximate surface area is 162 Å². The normalized spacial score (nSPS) is 17.4. The van der Waals surface area contributed by atoms with Crippen LogP contribution in [0.15, 0.2) is 50.1 Å². The molecule has 26 heavy (non-hydrogen) atoms. The van der Waals surface area contributed by atoms with Crippen LogP contribution in [0.2, 0.25) is 0 Å². The van der Waals surface area contributed by atoms with E-state index in [1.165, 1.54) is 24.3 Å². The van der Waals surface area contributed by atoms with Crippen LogP contribution >= 0.6 is 27.3 Å². The number of aliphatic imine (C=N–C) groups is 1. The molecule has 1 aromatic carbocycles. The Morgan fingerprint density at radius 3 is 2.69 bits per heavy atom. The van der Waals surface area contributed by atoms with Crippen molar-refractivity contribution in [2.24, 2.45) is 4.99 Å². The number of nitrogens with zero attached hydrogens (tertiary/aromatic N) is 1. The minimum Gasteiger partial charge on any atom is -0.456 e. The molecule has 0 saturated heterocycles. The summed E-state index contributed by atoms with van der Waals surface area (Å²) in [7, 11) is -3.68. The maximum atomic E-state index is 12.1. The third-order valence-corrected chi connectivity index (χ3v) is 6.58. The first-order valence-corrected chi connectivity index (χ1v) is 10.5. The van der Waals surface area contributed by atoms with Crippen LogP contribution in [0.5, 0.6) is 0 Å². The number of nitrogens with one attached hydrogen (secondary N) is 1. The van der Waals surface area contributed by atoms with Crippen LogP contribution in [0.1, 0.15) is 22.2 Å². The Kier molecular flexibility index (Phi) is 5.26. The topological polar surface area (TPSA) is 102 Å². The Morgan fingerprint density at radius 1 is 1.27 bits per heavy atom. The number of hydrogen-bond acceptors (Lipinski definition) is 7. The van der Waals surface area contributed by atoms with Gasteiger partial charge in [-0.1, -0.05) is 12.1 Å². The number of esters is 1. The lowest BCUT2D eigenvalue weighted by molar-refractivity contribution is -0.143. The summed E-state index contributed by atoms with van der Waals surface area (Å²) in [5.41, 5.74) is 0.395. The third-order valence-electron chi connectivity index (χ3n) is 3.52. The van der Waals surface area contributed by atoms with Crippen molar-refractivity contribution in [2.45, 2.75) is 17.9 Å². The molecule has 0 bridgehead atoms. The van der Waals surface area contributed by atoms with Crippen LogP contribution in [0.3, 0.4) is 0 Å². The van der Waals surface area contributed by atoms with Gasteiger partial charge in [0, 0.05) is 5.56 Å².